The average Bonchev–Trinajstić information content (AvgIpc) is 3.00. The molecule has 31 heavy (non-hydrogen) atoms. The number of rotatable bonds is 6. The number of carbonyl (C=O) groups excluding carboxylic acids is 1. The zero-order valence-corrected chi connectivity index (χ0v) is 17.8. The van der Waals surface area contributed by atoms with E-state index in [1.807, 2.05) is 0 Å². The first-order valence-electron chi connectivity index (χ1n) is 10.2. The fourth-order valence-corrected chi connectivity index (χ4v) is 5.13. The predicted octanol–water partition coefficient (Wildman–Crippen LogP) is 4.74. The fourth-order valence-electron chi connectivity index (χ4n) is 3.70. The van der Waals surface area contributed by atoms with Crippen LogP contribution in [0, 0.1) is 0 Å². The van der Waals surface area contributed by atoms with Crippen molar-refractivity contribution in [1.29, 1.82) is 0 Å². The van der Waals surface area contributed by atoms with Gasteiger partial charge in [-0.25, -0.2) is 8.42 Å². The molecule has 0 aliphatic heterocycles. The van der Waals surface area contributed by atoms with Crippen molar-refractivity contribution in [3.8, 4) is 0 Å². The van der Waals surface area contributed by atoms with Crippen LogP contribution in [-0.2, 0) is 21.0 Å². The number of benzene rings is 2. The summed E-state index contributed by atoms with van der Waals surface area (Å²) in [7, 11) is -4.25. The van der Waals surface area contributed by atoms with Crippen LogP contribution in [0.1, 0.15) is 44.1 Å². The van der Waals surface area contributed by atoms with E-state index in [9.17, 15) is 26.4 Å². The van der Waals surface area contributed by atoms with Crippen LogP contribution in [0.4, 0.5) is 18.9 Å². The van der Waals surface area contributed by atoms with E-state index in [-0.39, 0.29) is 16.6 Å². The predicted molar refractivity (Wildman–Crippen MR) is 112 cm³/mol. The Balaban J connectivity index is 1.92. The van der Waals surface area contributed by atoms with Crippen LogP contribution < -0.4 is 9.62 Å². The average molecular weight is 455 g/mol. The molecule has 3 rings (SSSR count). The van der Waals surface area contributed by atoms with E-state index in [4.69, 9.17) is 0 Å². The van der Waals surface area contributed by atoms with E-state index in [0.29, 0.717) is 0 Å². The van der Waals surface area contributed by atoms with Crippen LogP contribution in [0.2, 0.25) is 0 Å². The molecule has 0 unspecified atom stereocenters. The van der Waals surface area contributed by atoms with Gasteiger partial charge in [-0.05, 0) is 43.2 Å². The number of hydrogen-bond acceptors (Lipinski definition) is 3. The van der Waals surface area contributed by atoms with E-state index in [1.165, 1.54) is 30.3 Å². The summed E-state index contributed by atoms with van der Waals surface area (Å²) in [5, 5.41) is 2.86. The zero-order valence-electron chi connectivity index (χ0n) is 16.9. The summed E-state index contributed by atoms with van der Waals surface area (Å²) >= 11 is 0. The summed E-state index contributed by atoms with van der Waals surface area (Å²) in [6.07, 6.45) is 1.10. The summed E-state index contributed by atoms with van der Waals surface area (Å²) in [5.74, 6) is -0.538. The molecule has 0 radical (unpaired) electrons. The molecular weight excluding hydrogens is 429 g/mol. The third-order valence-electron chi connectivity index (χ3n) is 5.30. The number of nitrogens with one attached hydrogen (secondary N) is 1. The Labute approximate surface area is 180 Å². The van der Waals surface area contributed by atoms with Crippen molar-refractivity contribution in [3.63, 3.8) is 0 Å². The molecule has 0 heterocycles. The van der Waals surface area contributed by atoms with Gasteiger partial charge in [-0.2, -0.15) is 13.2 Å². The SMILES string of the molecule is O=C(CN(c1cccc(C(F)(F)F)c1)S(=O)(=O)c1ccccc1)NC1CCCCCC1. The van der Waals surface area contributed by atoms with Gasteiger partial charge in [0.15, 0.2) is 0 Å². The first-order valence-corrected chi connectivity index (χ1v) is 11.7. The number of anilines is 1. The van der Waals surface area contributed by atoms with Gasteiger partial charge in [-0.15, -0.1) is 0 Å². The maximum Gasteiger partial charge on any atom is 0.416 e. The molecule has 0 bridgehead atoms. The molecule has 9 heteroatoms. The number of carbonyl (C=O) groups is 1. The molecule has 0 atom stereocenters. The lowest BCUT2D eigenvalue weighted by Gasteiger charge is -2.26. The molecular formula is C22H25F3N2O3S. The summed E-state index contributed by atoms with van der Waals surface area (Å²) in [4.78, 5) is 12.6. The van der Waals surface area contributed by atoms with E-state index in [1.54, 1.807) is 6.07 Å². The van der Waals surface area contributed by atoms with Crippen molar-refractivity contribution in [3.05, 3.63) is 60.2 Å². The van der Waals surface area contributed by atoms with Gasteiger partial charge in [0.05, 0.1) is 16.1 Å². The zero-order chi connectivity index (χ0) is 22.5. The molecule has 2 aromatic rings. The van der Waals surface area contributed by atoms with Gasteiger partial charge in [-0.3, -0.25) is 9.10 Å². The minimum absolute atomic E-state index is 0.0576. The molecule has 1 amide bonds. The second-order valence-corrected chi connectivity index (χ2v) is 9.49. The number of sulfonamides is 1. The van der Waals surface area contributed by atoms with Crippen molar-refractivity contribution in [1.82, 2.24) is 5.32 Å². The van der Waals surface area contributed by atoms with E-state index in [0.717, 1.165) is 61.0 Å². The number of alkyl halides is 3. The minimum Gasteiger partial charge on any atom is -0.352 e. The number of hydrogen-bond donors (Lipinski definition) is 1. The van der Waals surface area contributed by atoms with Crippen molar-refractivity contribution in [2.45, 2.75) is 55.6 Å². The van der Waals surface area contributed by atoms with Crippen LogP contribution in [0.3, 0.4) is 0 Å². The molecule has 0 saturated heterocycles. The smallest absolute Gasteiger partial charge is 0.352 e. The van der Waals surface area contributed by atoms with Crippen molar-refractivity contribution < 1.29 is 26.4 Å². The number of amides is 1. The molecule has 0 aromatic heterocycles. The number of halogens is 3. The lowest BCUT2D eigenvalue weighted by atomic mass is 10.1. The van der Waals surface area contributed by atoms with Gasteiger partial charge < -0.3 is 5.32 Å². The largest absolute Gasteiger partial charge is 0.416 e. The van der Waals surface area contributed by atoms with Gasteiger partial charge in [0.2, 0.25) is 5.91 Å². The first-order chi connectivity index (χ1) is 14.7. The third-order valence-corrected chi connectivity index (χ3v) is 7.09. The lowest BCUT2D eigenvalue weighted by Crippen LogP contribution is -2.44. The van der Waals surface area contributed by atoms with Crippen LogP contribution in [0.25, 0.3) is 0 Å². The Morgan fingerprint density at radius 1 is 0.968 bits per heavy atom. The van der Waals surface area contributed by atoms with Gasteiger partial charge >= 0.3 is 6.18 Å². The highest BCUT2D eigenvalue weighted by Crippen LogP contribution is 2.33. The quantitative estimate of drug-likeness (QED) is 0.641. The highest BCUT2D eigenvalue weighted by molar-refractivity contribution is 7.92. The van der Waals surface area contributed by atoms with Gasteiger partial charge in [0.1, 0.15) is 6.54 Å². The van der Waals surface area contributed by atoms with Gasteiger partial charge in [0, 0.05) is 6.04 Å². The highest BCUT2D eigenvalue weighted by atomic mass is 32.2. The molecule has 1 saturated carbocycles. The second-order valence-electron chi connectivity index (χ2n) is 7.63. The molecule has 0 spiro atoms. The van der Waals surface area contributed by atoms with E-state index >= 15 is 0 Å². The molecule has 1 aliphatic carbocycles. The van der Waals surface area contributed by atoms with E-state index in [2.05, 4.69) is 5.32 Å². The second kappa shape index (κ2) is 9.72. The van der Waals surface area contributed by atoms with Gasteiger partial charge in [0.25, 0.3) is 10.0 Å². The molecule has 168 valence electrons. The molecule has 1 N–H and O–H groups in total. The van der Waals surface area contributed by atoms with Gasteiger partial charge in [-0.1, -0.05) is 49.9 Å². The Morgan fingerprint density at radius 3 is 2.23 bits per heavy atom. The minimum atomic E-state index is -4.64. The molecule has 5 nitrogen and oxygen atoms in total. The normalized spacial score (nSPS) is 15.8. The highest BCUT2D eigenvalue weighted by Gasteiger charge is 2.33. The Kier molecular flexibility index (Phi) is 7.25. The fraction of sp³-hybridized carbons (Fsp3) is 0.409. The monoisotopic (exact) mass is 454 g/mol. The van der Waals surface area contributed by atoms with Crippen molar-refractivity contribution >= 4 is 21.6 Å². The summed E-state index contributed by atoms with van der Waals surface area (Å²) in [6, 6.07) is 11.3. The maximum atomic E-state index is 13.2. The molecule has 2 aromatic carbocycles. The Bertz CT molecular complexity index is 987. The summed E-state index contributed by atoms with van der Waals surface area (Å²) in [5.41, 5.74) is -1.20. The molecule has 1 aliphatic rings. The van der Waals surface area contributed by atoms with Crippen molar-refractivity contribution in [2.75, 3.05) is 10.8 Å². The van der Waals surface area contributed by atoms with Crippen LogP contribution >= 0.6 is 0 Å². The van der Waals surface area contributed by atoms with Crippen LogP contribution in [0.5, 0.6) is 0 Å². The Hall–Kier alpha value is -2.55. The standard InChI is InChI=1S/C22H25F3N2O3S/c23-22(24,25)17-9-8-12-19(15-17)27(31(29,30)20-13-6-3-7-14-20)16-21(28)26-18-10-4-1-2-5-11-18/h3,6-9,12-15,18H,1-2,4-5,10-11,16H2,(H,26,28). The van der Waals surface area contributed by atoms with Crippen LogP contribution in [-0.4, -0.2) is 26.9 Å². The van der Waals surface area contributed by atoms with Crippen molar-refractivity contribution in [2.24, 2.45) is 0 Å². The first kappa shape index (κ1) is 23.1. The number of nitrogens with zero attached hydrogens (tertiary/aromatic N) is 1. The third kappa shape index (κ3) is 6.00. The Morgan fingerprint density at radius 2 is 1.61 bits per heavy atom. The van der Waals surface area contributed by atoms with E-state index < -0.39 is 34.2 Å². The van der Waals surface area contributed by atoms with Crippen LogP contribution in [0.15, 0.2) is 59.5 Å². The lowest BCUT2D eigenvalue weighted by molar-refractivity contribution is -0.137. The molecule has 1 fully saturated rings. The summed E-state index contributed by atoms with van der Waals surface area (Å²) < 4.78 is 66.9. The summed E-state index contributed by atoms with van der Waals surface area (Å²) in [6.45, 7) is -0.602. The maximum absolute atomic E-state index is 13.2. The topological polar surface area (TPSA) is 66.5 Å².